The van der Waals surface area contributed by atoms with Crippen LogP contribution in [0.1, 0.15) is 11.4 Å². The van der Waals surface area contributed by atoms with E-state index in [-0.39, 0.29) is 0 Å². The van der Waals surface area contributed by atoms with Crippen molar-refractivity contribution < 1.29 is 13.9 Å². The van der Waals surface area contributed by atoms with Gasteiger partial charge in [0.25, 0.3) is 11.8 Å². The molecule has 6 aromatic heterocycles. The summed E-state index contributed by atoms with van der Waals surface area (Å²) in [4.78, 5) is 0. The summed E-state index contributed by atoms with van der Waals surface area (Å²) in [7, 11) is 0. The average molecular weight is 761 g/mol. The molecule has 3 aliphatic heterocycles. The highest BCUT2D eigenvalue weighted by atomic mass is 16.5. The summed E-state index contributed by atoms with van der Waals surface area (Å²) in [6, 6.07) is 63.4. The lowest BCUT2D eigenvalue weighted by atomic mass is 9.90. The molecule has 0 atom stereocenters. The number of hydrogen-bond donors (Lipinski definition) is 0. The van der Waals surface area contributed by atoms with Crippen LogP contribution in [-0.2, 0) is 5.66 Å². The first-order chi connectivity index (χ1) is 29.8. The Bertz CT molecular complexity index is 4220. The molecule has 0 aliphatic carbocycles. The first-order valence-electron chi connectivity index (χ1n) is 20.9. The summed E-state index contributed by atoms with van der Waals surface area (Å²) in [5.41, 5.74) is 6.50. The molecule has 3 aliphatic rings. The second-order valence-electron chi connectivity index (χ2n) is 17.1. The molecule has 0 bridgehead atoms. The van der Waals surface area contributed by atoms with Crippen molar-refractivity contribution in [1.82, 2.24) is 8.80 Å². The fourth-order valence-corrected chi connectivity index (χ4v) is 12.9. The Morgan fingerprint density at radius 3 is 1.00 bits per heavy atom. The van der Waals surface area contributed by atoms with Crippen molar-refractivity contribution in [1.29, 1.82) is 0 Å². The lowest BCUT2D eigenvalue weighted by Gasteiger charge is -2.27. The predicted octanol–water partition coefficient (Wildman–Crippen LogP) is 12.3. The maximum Gasteiger partial charge on any atom is 0.386 e. The van der Waals surface area contributed by atoms with E-state index in [1.165, 1.54) is 119 Å². The van der Waals surface area contributed by atoms with Crippen molar-refractivity contribution in [3.63, 3.8) is 0 Å². The van der Waals surface area contributed by atoms with Crippen LogP contribution in [0.4, 0.5) is 0 Å². The number of rotatable bonds is 0. The van der Waals surface area contributed by atoms with Gasteiger partial charge in [0.05, 0.1) is 10.8 Å². The molecular formula is C55H28N4O+2. The number of nitrogens with zero attached hydrogens (tertiary/aromatic N) is 4. The molecule has 0 radical (unpaired) electrons. The highest BCUT2D eigenvalue weighted by Crippen LogP contribution is 2.56. The van der Waals surface area contributed by atoms with Crippen LogP contribution in [-0.4, -0.2) is 8.80 Å². The number of hydrogen-bond acceptors (Lipinski definition) is 1. The van der Waals surface area contributed by atoms with E-state index in [4.69, 9.17) is 4.74 Å². The lowest BCUT2D eigenvalue weighted by molar-refractivity contribution is -0.958. The second-order valence-corrected chi connectivity index (χ2v) is 17.1. The molecule has 60 heavy (non-hydrogen) atoms. The molecule has 0 unspecified atom stereocenters. The summed E-state index contributed by atoms with van der Waals surface area (Å²) in [5, 5.41) is 22.8. The van der Waals surface area contributed by atoms with E-state index in [1.54, 1.807) is 0 Å². The smallest absolute Gasteiger partial charge is 0.386 e. The molecule has 17 rings (SSSR count). The van der Waals surface area contributed by atoms with Gasteiger partial charge in [0.2, 0.25) is 11.4 Å². The molecule has 0 N–H and O–H groups in total. The predicted molar refractivity (Wildman–Crippen MR) is 242 cm³/mol. The summed E-state index contributed by atoms with van der Waals surface area (Å²) in [6.45, 7) is 0. The van der Waals surface area contributed by atoms with Gasteiger partial charge in [-0.15, -0.1) is 9.13 Å². The van der Waals surface area contributed by atoms with Gasteiger partial charge in [-0.2, -0.15) is 8.80 Å². The summed E-state index contributed by atoms with van der Waals surface area (Å²) < 4.78 is 17.6. The van der Waals surface area contributed by atoms with E-state index in [0.29, 0.717) is 0 Å². The Balaban J connectivity index is 1.23. The molecule has 0 saturated heterocycles. The first kappa shape index (κ1) is 29.2. The lowest BCUT2D eigenvalue weighted by Crippen LogP contribution is -2.74. The average Bonchev–Trinajstić information content (AvgIpc) is 4.03. The molecule has 9 heterocycles. The summed E-state index contributed by atoms with van der Waals surface area (Å²) >= 11 is 0. The van der Waals surface area contributed by atoms with E-state index in [1.807, 2.05) is 0 Å². The number of aromatic nitrogens is 4. The van der Waals surface area contributed by atoms with Crippen LogP contribution in [0.5, 0.6) is 11.8 Å². The monoisotopic (exact) mass is 760 g/mol. The Kier molecular flexibility index (Phi) is 4.53. The summed E-state index contributed by atoms with van der Waals surface area (Å²) in [6.07, 6.45) is 0. The molecular weight excluding hydrogens is 733 g/mol. The Morgan fingerprint density at radius 2 is 0.617 bits per heavy atom. The Hall–Kier alpha value is -8.02. The molecule has 0 saturated carbocycles. The van der Waals surface area contributed by atoms with Crippen LogP contribution in [0.3, 0.4) is 0 Å². The largest absolute Gasteiger partial charge is 0.386 e. The zero-order chi connectivity index (χ0) is 38.3. The van der Waals surface area contributed by atoms with Crippen LogP contribution in [0.15, 0.2) is 170 Å². The molecule has 5 heteroatoms. The second kappa shape index (κ2) is 9.31. The molecule has 272 valence electrons. The minimum atomic E-state index is -0.823. The van der Waals surface area contributed by atoms with Gasteiger partial charge in [-0.3, -0.25) is 0 Å². The third-order valence-corrected chi connectivity index (χ3v) is 14.7. The SMILES string of the molecule is c1ccc2c(c1)c1n3c2c2c4ccccc4c4ccccc4c2c2ccc4[n+](c23)C12c1c3ccccc3c3c5c6ccccc6c6ccccc6c5c5ccc([n+]2c5n13)O4. The highest BCUT2D eigenvalue weighted by Gasteiger charge is 2.70. The van der Waals surface area contributed by atoms with Crippen LogP contribution < -0.4 is 13.9 Å². The van der Waals surface area contributed by atoms with Gasteiger partial charge < -0.3 is 4.74 Å². The van der Waals surface area contributed by atoms with Gasteiger partial charge in [-0.05, 0) is 79.5 Å². The maximum atomic E-state index is 7.21. The van der Waals surface area contributed by atoms with E-state index >= 15 is 0 Å². The van der Waals surface area contributed by atoms with Crippen LogP contribution in [0, 0.1) is 0 Å². The fraction of sp³-hybridized carbons (Fsp3) is 0.0182. The van der Waals surface area contributed by atoms with Crippen molar-refractivity contribution in [3.8, 4) is 11.8 Å². The van der Waals surface area contributed by atoms with Crippen molar-refractivity contribution in [2.75, 3.05) is 0 Å². The molecule has 0 amide bonds. The van der Waals surface area contributed by atoms with Crippen molar-refractivity contribution in [2.45, 2.75) is 5.66 Å². The third kappa shape index (κ3) is 2.77. The van der Waals surface area contributed by atoms with Crippen molar-refractivity contribution >= 4 is 119 Å². The maximum absolute atomic E-state index is 7.21. The highest BCUT2D eigenvalue weighted by molar-refractivity contribution is 6.38. The van der Waals surface area contributed by atoms with Gasteiger partial charge in [0, 0.05) is 55.2 Å². The fourth-order valence-electron chi connectivity index (χ4n) is 12.9. The zero-order valence-corrected chi connectivity index (χ0v) is 31.9. The van der Waals surface area contributed by atoms with Crippen LogP contribution >= 0.6 is 0 Å². The molecule has 0 fully saturated rings. The topological polar surface area (TPSA) is 25.8 Å². The molecule has 8 aromatic carbocycles. The first-order valence-corrected chi connectivity index (χ1v) is 20.9. The molecule has 5 nitrogen and oxygen atoms in total. The minimum Gasteiger partial charge on any atom is -0.386 e. The number of benzene rings is 8. The van der Waals surface area contributed by atoms with Gasteiger partial charge in [0.15, 0.2) is 0 Å². The van der Waals surface area contributed by atoms with E-state index in [0.717, 1.165) is 23.1 Å². The standard InChI is InChI=1S/C55H28N4O/c1-5-17-33-29(13-1)31-15-3-7-19-35(31)47-45(33)41-25-27-43-58-53(41)56-49(47)37-21-9-11-23-39(37)51(56)55(58)52-40-24-12-10-22-38(40)50-48-36-20-8-4-16-32(36)30-14-2-6-18-34(30)46(48)42-26-28-44(60-43)59(55)54(42)57(50)52/h1-28H/q+2. The Morgan fingerprint density at radius 1 is 0.300 bits per heavy atom. The quantitative estimate of drug-likeness (QED) is 0.112. The molecule has 14 aromatic rings. The van der Waals surface area contributed by atoms with Gasteiger partial charge in [0.1, 0.15) is 11.0 Å². The van der Waals surface area contributed by atoms with Crippen LogP contribution in [0.2, 0.25) is 0 Å². The third-order valence-electron chi connectivity index (χ3n) is 14.7. The van der Waals surface area contributed by atoms with E-state index < -0.39 is 5.66 Å². The summed E-state index contributed by atoms with van der Waals surface area (Å²) in [5.74, 6) is 1.68. The molecule has 1 spiro atoms. The van der Waals surface area contributed by atoms with Crippen LogP contribution in [0.25, 0.3) is 119 Å². The number of pyridine rings is 4. The number of ether oxygens (including phenoxy) is 1. The van der Waals surface area contributed by atoms with Gasteiger partial charge in [-0.1, -0.05) is 121 Å². The van der Waals surface area contributed by atoms with Crippen molar-refractivity contribution in [2.24, 2.45) is 0 Å². The zero-order valence-electron chi connectivity index (χ0n) is 31.9. The normalized spacial score (nSPS) is 14.6. The van der Waals surface area contributed by atoms with Gasteiger partial charge >= 0.3 is 17.0 Å². The van der Waals surface area contributed by atoms with E-state index in [9.17, 15) is 0 Å². The van der Waals surface area contributed by atoms with E-state index in [2.05, 4.69) is 188 Å². The Labute approximate surface area is 339 Å². The van der Waals surface area contributed by atoms with Crippen molar-refractivity contribution in [3.05, 3.63) is 181 Å². The minimum absolute atomic E-state index is 0.823. The van der Waals surface area contributed by atoms with Gasteiger partial charge in [-0.25, -0.2) is 0 Å². The number of fused-ring (bicyclic) bond motifs is 22.